The van der Waals surface area contributed by atoms with Crippen LogP contribution in [0.4, 0.5) is 0 Å². The zero-order valence-electron chi connectivity index (χ0n) is 8.37. The molecule has 0 aliphatic carbocycles. The van der Waals surface area contributed by atoms with Gasteiger partial charge in [0.15, 0.2) is 0 Å². The number of hydrogen-bond acceptors (Lipinski definition) is 2. The van der Waals surface area contributed by atoms with Crippen molar-refractivity contribution in [3.63, 3.8) is 0 Å². The largest absolute Gasteiger partial charge is 0.287 e. The van der Waals surface area contributed by atoms with E-state index in [9.17, 15) is 0 Å². The topological polar surface area (TPSA) is 27.0 Å². The monoisotopic (exact) mass is 208 g/mol. The van der Waals surface area contributed by atoms with Crippen LogP contribution in [0, 0.1) is 11.3 Å². The molecular weight excluding hydrogens is 196 g/mol. The lowest BCUT2D eigenvalue weighted by molar-refractivity contribution is 0.294. The Hall–Kier alpha value is -1.04. The second kappa shape index (κ2) is 4.99. The zero-order chi connectivity index (χ0) is 10.6. The van der Waals surface area contributed by atoms with Crippen LogP contribution in [0.15, 0.2) is 24.3 Å². The van der Waals surface area contributed by atoms with Crippen LogP contribution in [-0.4, -0.2) is 18.0 Å². The Morgan fingerprint density at radius 1 is 1.43 bits per heavy atom. The number of rotatable bonds is 3. The fraction of sp³-hybridized carbons (Fsp3) is 0.364. The molecule has 1 aromatic rings. The summed E-state index contributed by atoms with van der Waals surface area (Å²) in [6, 6.07) is 9.81. The average Bonchev–Trinajstić information content (AvgIpc) is 2.20. The Labute approximate surface area is 89.7 Å². The highest BCUT2D eigenvalue weighted by Gasteiger charge is 2.07. The maximum absolute atomic E-state index is 8.71. The van der Waals surface area contributed by atoms with Gasteiger partial charge in [0.25, 0.3) is 0 Å². The molecule has 2 nitrogen and oxygen atoms in total. The predicted molar refractivity (Wildman–Crippen MR) is 58.0 cm³/mol. The summed E-state index contributed by atoms with van der Waals surface area (Å²) in [5.41, 5.74) is 1.17. The maximum Gasteiger partial charge on any atom is 0.0949 e. The molecule has 74 valence electrons. The summed E-state index contributed by atoms with van der Waals surface area (Å²) in [6.45, 7) is 2.65. The highest BCUT2D eigenvalue weighted by molar-refractivity contribution is 6.30. The minimum Gasteiger partial charge on any atom is -0.287 e. The molecule has 0 saturated heterocycles. The van der Waals surface area contributed by atoms with Gasteiger partial charge in [0, 0.05) is 11.6 Å². The molecule has 0 heterocycles. The van der Waals surface area contributed by atoms with E-state index in [1.807, 2.05) is 43.1 Å². The van der Waals surface area contributed by atoms with E-state index in [-0.39, 0.29) is 6.04 Å². The quantitative estimate of drug-likeness (QED) is 0.764. The molecule has 0 saturated carbocycles. The van der Waals surface area contributed by atoms with Gasteiger partial charge < -0.3 is 0 Å². The van der Waals surface area contributed by atoms with Gasteiger partial charge in [-0.2, -0.15) is 5.26 Å². The van der Waals surface area contributed by atoms with Crippen LogP contribution in [0.1, 0.15) is 12.5 Å². The molecule has 1 atom stereocenters. The van der Waals surface area contributed by atoms with Gasteiger partial charge in [-0.25, -0.2) is 0 Å². The Morgan fingerprint density at radius 2 is 2.00 bits per heavy atom. The van der Waals surface area contributed by atoms with Gasteiger partial charge in [0.2, 0.25) is 0 Å². The van der Waals surface area contributed by atoms with Gasteiger partial charge in [-0.1, -0.05) is 23.7 Å². The number of nitriles is 1. The second-order valence-electron chi connectivity index (χ2n) is 3.35. The van der Waals surface area contributed by atoms with Crippen LogP contribution >= 0.6 is 11.6 Å². The molecule has 0 bridgehead atoms. The minimum absolute atomic E-state index is 0.0642. The Morgan fingerprint density at radius 3 is 2.50 bits per heavy atom. The van der Waals surface area contributed by atoms with E-state index >= 15 is 0 Å². The fourth-order valence-corrected chi connectivity index (χ4v) is 1.24. The summed E-state index contributed by atoms with van der Waals surface area (Å²) in [7, 11) is 1.93. The summed E-state index contributed by atoms with van der Waals surface area (Å²) in [6.07, 6.45) is 0. The lowest BCUT2D eigenvalue weighted by atomic mass is 10.2. The maximum atomic E-state index is 8.71. The molecule has 0 fully saturated rings. The average molecular weight is 209 g/mol. The van der Waals surface area contributed by atoms with Crippen molar-refractivity contribution in [1.29, 1.82) is 5.26 Å². The number of hydrogen-bond donors (Lipinski definition) is 0. The van der Waals surface area contributed by atoms with Crippen LogP contribution in [-0.2, 0) is 6.54 Å². The normalized spacial score (nSPS) is 12.5. The molecule has 3 heteroatoms. The first kappa shape index (κ1) is 11.0. The summed E-state index contributed by atoms with van der Waals surface area (Å²) in [5, 5.41) is 9.46. The molecule has 1 aromatic carbocycles. The van der Waals surface area contributed by atoms with Crippen LogP contribution < -0.4 is 0 Å². The first-order valence-corrected chi connectivity index (χ1v) is 4.85. The molecule has 0 spiro atoms. The van der Waals surface area contributed by atoms with Gasteiger partial charge in [-0.05, 0) is 31.7 Å². The van der Waals surface area contributed by atoms with Crippen molar-refractivity contribution in [3.05, 3.63) is 34.9 Å². The van der Waals surface area contributed by atoms with E-state index in [1.54, 1.807) is 0 Å². The lowest BCUT2D eigenvalue weighted by Gasteiger charge is -2.18. The third-order valence-electron chi connectivity index (χ3n) is 2.19. The number of benzene rings is 1. The van der Waals surface area contributed by atoms with Gasteiger partial charge in [0.1, 0.15) is 0 Å². The van der Waals surface area contributed by atoms with E-state index in [1.165, 1.54) is 5.56 Å². The van der Waals surface area contributed by atoms with Crippen molar-refractivity contribution in [2.45, 2.75) is 19.5 Å². The lowest BCUT2D eigenvalue weighted by Crippen LogP contribution is -2.26. The minimum atomic E-state index is -0.0642. The molecule has 0 aromatic heterocycles. The van der Waals surface area contributed by atoms with Crippen molar-refractivity contribution in [3.8, 4) is 6.07 Å². The van der Waals surface area contributed by atoms with Crippen LogP contribution in [0.25, 0.3) is 0 Å². The SMILES string of the molecule is CC(C#N)N(C)Cc1ccc(Cl)cc1. The van der Waals surface area contributed by atoms with Gasteiger partial charge in [0.05, 0.1) is 12.1 Å². The Kier molecular flexibility index (Phi) is 3.94. The standard InChI is InChI=1S/C11H13ClN2/c1-9(7-13)14(2)8-10-3-5-11(12)6-4-10/h3-6,9H,8H2,1-2H3. The fourth-order valence-electron chi connectivity index (χ4n) is 1.11. The summed E-state index contributed by atoms with van der Waals surface area (Å²) in [5.74, 6) is 0. The molecular formula is C11H13ClN2. The van der Waals surface area contributed by atoms with Gasteiger partial charge >= 0.3 is 0 Å². The summed E-state index contributed by atoms with van der Waals surface area (Å²) in [4.78, 5) is 1.99. The van der Waals surface area contributed by atoms with Crippen molar-refractivity contribution in [2.24, 2.45) is 0 Å². The van der Waals surface area contributed by atoms with Crippen molar-refractivity contribution in [1.82, 2.24) is 4.90 Å². The highest BCUT2D eigenvalue weighted by Crippen LogP contribution is 2.11. The van der Waals surface area contributed by atoms with Gasteiger partial charge in [-0.15, -0.1) is 0 Å². The third-order valence-corrected chi connectivity index (χ3v) is 2.45. The molecule has 0 N–H and O–H groups in total. The van der Waals surface area contributed by atoms with E-state index in [2.05, 4.69) is 6.07 Å². The number of halogens is 1. The smallest absolute Gasteiger partial charge is 0.0949 e. The molecule has 14 heavy (non-hydrogen) atoms. The first-order chi connectivity index (χ1) is 6.63. The van der Waals surface area contributed by atoms with Crippen LogP contribution in [0.2, 0.25) is 5.02 Å². The van der Waals surface area contributed by atoms with Crippen LogP contribution in [0.3, 0.4) is 0 Å². The van der Waals surface area contributed by atoms with Crippen molar-refractivity contribution < 1.29 is 0 Å². The summed E-state index contributed by atoms with van der Waals surface area (Å²) >= 11 is 5.77. The van der Waals surface area contributed by atoms with E-state index in [4.69, 9.17) is 16.9 Å². The Balaban J connectivity index is 2.61. The first-order valence-electron chi connectivity index (χ1n) is 4.48. The predicted octanol–water partition coefficient (Wildman–Crippen LogP) is 2.68. The molecule has 0 aliphatic rings. The molecule has 1 rings (SSSR count). The van der Waals surface area contributed by atoms with E-state index in [0.29, 0.717) is 0 Å². The van der Waals surface area contributed by atoms with Crippen molar-refractivity contribution in [2.75, 3.05) is 7.05 Å². The highest BCUT2D eigenvalue weighted by atomic mass is 35.5. The zero-order valence-corrected chi connectivity index (χ0v) is 9.12. The molecule has 0 aliphatic heterocycles. The summed E-state index contributed by atoms with van der Waals surface area (Å²) < 4.78 is 0. The second-order valence-corrected chi connectivity index (χ2v) is 3.78. The molecule has 0 amide bonds. The molecule has 0 radical (unpaired) electrons. The Bertz CT molecular complexity index is 326. The van der Waals surface area contributed by atoms with Crippen molar-refractivity contribution >= 4 is 11.6 Å². The molecule has 1 unspecified atom stereocenters. The third kappa shape index (κ3) is 3.02. The van der Waals surface area contributed by atoms with E-state index < -0.39 is 0 Å². The van der Waals surface area contributed by atoms with Crippen LogP contribution in [0.5, 0.6) is 0 Å². The van der Waals surface area contributed by atoms with Gasteiger partial charge in [-0.3, -0.25) is 4.90 Å². The van der Waals surface area contributed by atoms with E-state index in [0.717, 1.165) is 11.6 Å². The number of nitrogens with zero attached hydrogens (tertiary/aromatic N) is 2.